The van der Waals surface area contributed by atoms with Gasteiger partial charge in [0.1, 0.15) is 0 Å². The van der Waals surface area contributed by atoms with Crippen LogP contribution in [0.25, 0.3) is 0 Å². The predicted molar refractivity (Wildman–Crippen MR) is 84.4 cm³/mol. The van der Waals surface area contributed by atoms with Gasteiger partial charge in [-0.15, -0.1) is 11.3 Å². The normalized spacial score (nSPS) is 20.0. The SMILES string of the molecule is CS(=O)(=O)N1CCOC(CNCCC(=O)Nc2nccs2)C1. The van der Waals surface area contributed by atoms with E-state index >= 15 is 0 Å². The van der Waals surface area contributed by atoms with Gasteiger partial charge in [-0.25, -0.2) is 13.4 Å². The van der Waals surface area contributed by atoms with Gasteiger partial charge in [-0.05, 0) is 0 Å². The smallest absolute Gasteiger partial charge is 0.227 e. The summed E-state index contributed by atoms with van der Waals surface area (Å²) in [5, 5.41) is 8.19. The minimum absolute atomic E-state index is 0.107. The lowest BCUT2D eigenvalue weighted by molar-refractivity contribution is -0.116. The molecule has 1 saturated heterocycles. The van der Waals surface area contributed by atoms with Crippen molar-refractivity contribution >= 4 is 32.4 Å². The number of hydrogen-bond donors (Lipinski definition) is 2. The number of nitrogens with one attached hydrogen (secondary N) is 2. The molecule has 1 aliphatic heterocycles. The van der Waals surface area contributed by atoms with Crippen LogP contribution in [0.15, 0.2) is 11.6 Å². The zero-order valence-electron chi connectivity index (χ0n) is 12.3. The molecular formula is C12H20N4O4S2. The molecule has 1 atom stereocenters. The van der Waals surface area contributed by atoms with Crippen molar-refractivity contribution in [1.29, 1.82) is 0 Å². The van der Waals surface area contributed by atoms with E-state index in [2.05, 4.69) is 15.6 Å². The molecule has 0 aliphatic carbocycles. The topological polar surface area (TPSA) is 101 Å². The van der Waals surface area contributed by atoms with Gasteiger partial charge in [0, 0.05) is 44.2 Å². The van der Waals surface area contributed by atoms with E-state index in [1.165, 1.54) is 21.9 Å². The number of anilines is 1. The van der Waals surface area contributed by atoms with E-state index in [1.807, 2.05) is 0 Å². The van der Waals surface area contributed by atoms with Crippen molar-refractivity contribution in [3.63, 3.8) is 0 Å². The molecule has 2 rings (SSSR count). The molecule has 2 N–H and O–H groups in total. The highest BCUT2D eigenvalue weighted by molar-refractivity contribution is 7.88. The van der Waals surface area contributed by atoms with Crippen molar-refractivity contribution in [3.8, 4) is 0 Å². The van der Waals surface area contributed by atoms with Gasteiger partial charge in [-0.1, -0.05) is 0 Å². The van der Waals surface area contributed by atoms with Gasteiger partial charge in [0.15, 0.2) is 5.13 Å². The average molecular weight is 348 g/mol. The van der Waals surface area contributed by atoms with Gasteiger partial charge >= 0.3 is 0 Å². The van der Waals surface area contributed by atoms with Crippen LogP contribution in [0.4, 0.5) is 5.13 Å². The molecule has 1 fully saturated rings. The first-order chi connectivity index (χ1) is 10.4. The van der Waals surface area contributed by atoms with Crippen LogP contribution in [-0.4, -0.2) is 68.8 Å². The third-order valence-electron chi connectivity index (χ3n) is 3.15. The number of amides is 1. The average Bonchev–Trinajstić information content (AvgIpc) is 2.96. The van der Waals surface area contributed by atoms with E-state index in [0.717, 1.165) is 0 Å². The maximum Gasteiger partial charge on any atom is 0.227 e. The summed E-state index contributed by atoms with van der Waals surface area (Å²) in [6, 6.07) is 0. The number of thiazole rings is 1. The third-order valence-corrected chi connectivity index (χ3v) is 5.11. The molecule has 1 aromatic rings. The Morgan fingerprint density at radius 2 is 2.41 bits per heavy atom. The predicted octanol–water partition coefficient (Wildman–Crippen LogP) is -0.278. The molecule has 0 radical (unpaired) electrons. The number of morpholine rings is 1. The molecule has 22 heavy (non-hydrogen) atoms. The largest absolute Gasteiger partial charge is 0.374 e. The summed E-state index contributed by atoms with van der Waals surface area (Å²) in [6.07, 6.45) is 2.96. The van der Waals surface area contributed by atoms with Crippen LogP contribution in [-0.2, 0) is 19.6 Å². The van der Waals surface area contributed by atoms with Crippen LogP contribution < -0.4 is 10.6 Å². The lowest BCUT2D eigenvalue weighted by atomic mass is 10.3. The van der Waals surface area contributed by atoms with E-state index in [9.17, 15) is 13.2 Å². The lowest BCUT2D eigenvalue weighted by Crippen LogP contribution is -2.48. The maximum atomic E-state index is 11.6. The van der Waals surface area contributed by atoms with Gasteiger partial charge in [0.05, 0.1) is 19.0 Å². The summed E-state index contributed by atoms with van der Waals surface area (Å²) in [4.78, 5) is 15.6. The van der Waals surface area contributed by atoms with Crippen LogP contribution in [0.1, 0.15) is 6.42 Å². The second-order valence-electron chi connectivity index (χ2n) is 4.95. The molecular weight excluding hydrogens is 328 g/mol. The Hall–Kier alpha value is -1.07. The van der Waals surface area contributed by atoms with Crippen molar-refractivity contribution < 1.29 is 17.9 Å². The Morgan fingerprint density at radius 1 is 1.59 bits per heavy atom. The molecule has 1 aliphatic rings. The van der Waals surface area contributed by atoms with Gasteiger partial charge in [-0.2, -0.15) is 4.31 Å². The van der Waals surface area contributed by atoms with Crippen molar-refractivity contribution in [1.82, 2.24) is 14.6 Å². The molecule has 0 spiro atoms. The molecule has 1 aromatic heterocycles. The Balaban J connectivity index is 1.63. The number of carbonyl (C=O) groups is 1. The minimum Gasteiger partial charge on any atom is -0.374 e. The van der Waals surface area contributed by atoms with Crippen molar-refractivity contribution in [2.75, 3.05) is 44.4 Å². The second kappa shape index (κ2) is 7.97. The second-order valence-corrected chi connectivity index (χ2v) is 7.83. The highest BCUT2D eigenvalue weighted by Gasteiger charge is 2.26. The molecule has 0 bridgehead atoms. The standard InChI is InChI=1S/C12H20N4O4S2/c1-22(18,19)16-5-6-20-10(9-16)8-13-3-2-11(17)15-12-14-4-7-21-12/h4,7,10,13H,2-3,5-6,8-9H2,1H3,(H,14,15,17). The van der Waals surface area contributed by atoms with E-state index in [1.54, 1.807) is 11.6 Å². The van der Waals surface area contributed by atoms with Gasteiger partial charge in [0.2, 0.25) is 15.9 Å². The molecule has 0 saturated carbocycles. The molecule has 10 heteroatoms. The molecule has 8 nitrogen and oxygen atoms in total. The number of nitrogens with zero attached hydrogens (tertiary/aromatic N) is 2. The Labute approximate surface area is 133 Å². The molecule has 1 unspecified atom stereocenters. The number of hydrogen-bond acceptors (Lipinski definition) is 7. The highest BCUT2D eigenvalue weighted by atomic mass is 32.2. The minimum atomic E-state index is -3.18. The Morgan fingerprint density at radius 3 is 3.09 bits per heavy atom. The zero-order chi connectivity index (χ0) is 16.0. The molecule has 0 aromatic carbocycles. The van der Waals surface area contributed by atoms with Gasteiger partial charge in [-0.3, -0.25) is 4.79 Å². The quantitative estimate of drug-likeness (QED) is 0.658. The molecule has 124 valence electrons. The van der Waals surface area contributed by atoms with Crippen LogP contribution in [0, 0.1) is 0 Å². The van der Waals surface area contributed by atoms with E-state index in [4.69, 9.17) is 4.74 Å². The van der Waals surface area contributed by atoms with Crippen LogP contribution >= 0.6 is 11.3 Å². The van der Waals surface area contributed by atoms with Crippen molar-refractivity contribution in [2.45, 2.75) is 12.5 Å². The van der Waals surface area contributed by atoms with Crippen molar-refractivity contribution in [3.05, 3.63) is 11.6 Å². The first kappa shape index (κ1) is 17.3. The van der Waals surface area contributed by atoms with Crippen LogP contribution in [0.5, 0.6) is 0 Å². The highest BCUT2D eigenvalue weighted by Crippen LogP contribution is 2.10. The number of sulfonamides is 1. The summed E-state index contributed by atoms with van der Waals surface area (Å²) in [5.41, 5.74) is 0. The lowest BCUT2D eigenvalue weighted by Gasteiger charge is -2.31. The van der Waals surface area contributed by atoms with Crippen LogP contribution in [0.3, 0.4) is 0 Å². The number of aromatic nitrogens is 1. The summed E-state index contributed by atoms with van der Waals surface area (Å²) >= 11 is 1.37. The Kier molecular flexibility index (Phi) is 6.26. The summed E-state index contributed by atoms with van der Waals surface area (Å²) in [5.74, 6) is -0.107. The van der Waals surface area contributed by atoms with Crippen LogP contribution in [0.2, 0.25) is 0 Å². The third kappa shape index (κ3) is 5.61. The van der Waals surface area contributed by atoms with E-state index in [-0.39, 0.29) is 12.0 Å². The summed E-state index contributed by atoms with van der Waals surface area (Å²) < 4.78 is 29.9. The first-order valence-corrected chi connectivity index (χ1v) is 9.65. The summed E-state index contributed by atoms with van der Waals surface area (Å²) in [7, 11) is -3.18. The van der Waals surface area contributed by atoms with E-state index in [0.29, 0.717) is 44.3 Å². The van der Waals surface area contributed by atoms with Gasteiger partial charge < -0.3 is 15.4 Å². The van der Waals surface area contributed by atoms with Crippen molar-refractivity contribution in [2.24, 2.45) is 0 Å². The molecule has 2 heterocycles. The number of carbonyl (C=O) groups excluding carboxylic acids is 1. The molecule has 1 amide bonds. The monoisotopic (exact) mass is 348 g/mol. The maximum absolute atomic E-state index is 11.6. The number of ether oxygens (including phenoxy) is 1. The fraction of sp³-hybridized carbons (Fsp3) is 0.667. The van der Waals surface area contributed by atoms with E-state index < -0.39 is 10.0 Å². The number of rotatable bonds is 7. The fourth-order valence-electron chi connectivity index (χ4n) is 2.05. The first-order valence-electron chi connectivity index (χ1n) is 6.92. The fourth-order valence-corrected chi connectivity index (χ4v) is 3.44. The summed E-state index contributed by atoms with van der Waals surface area (Å²) in [6.45, 7) is 2.14. The zero-order valence-corrected chi connectivity index (χ0v) is 14.0. The Bertz CT molecular complexity index is 576. The van der Waals surface area contributed by atoms with Gasteiger partial charge in [0.25, 0.3) is 0 Å².